The van der Waals surface area contributed by atoms with Gasteiger partial charge in [-0.2, -0.15) is 28.8 Å². The van der Waals surface area contributed by atoms with Gasteiger partial charge in [-0.1, -0.05) is 0 Å². The van der Waals surface area contributed by atoms with Crippen molar-refractivity contribution < 1.29 is 22.7 Å². The van der Waals surface area contributed by atoms with E-state index in [9.17, 15) is 28.5 Å². The fraction of sp³-hybridized carbons (Fsp3) is 0.360. The number of nitriles is 2. The van der Waals surface area contributed by atoms with E-state index in [0.29, 0.717) is 30.9 Å². The van der Waals surface area contributed by atoms with Gasteiger partial charge in [-0.05, 0) is 19.4 Å². The molecule has 0 spiro atoms. The summed E-state index contributed by atoms with van der Waals surface area (Å²) in [5.41, 5.74) is 2.00. The molecule has 15 heteroatoms. The molecular weight excluding hydrogens is 529 g/mol. The van der Waals surface area contributed by atoms with Crippen molar-refractivity contribution >= 4 is 22.8 Å². The molecule has 0 amide bonds. The van der Waals surface area contributed by atoms with Gasteiger partial charge in [-0.3, -0.25) is 4.68 Å². The second-order valence-corrected chi connectivity index (χ2v) is 9.22. The number of aromatic nitrogens is 7. The first-order valence-corrected chi connectivity index (χ1v) is 12.2. The molecule has 40 heavy (non-hydrogen) atoms. The van der Waals surface area contributed by atoms with Crippen LogP contribution in [-0.4, -0.2) is 59.9 Å². The number of fused-ring (bicyclic) bond motifs is 1. The van der Waals surface area contributed by atoms with E-state index in [-0.39, 0.29) is 35.6 Å². The molecule has 0 bridgehead atoms. The van der Waals surface area contributed by atoms with Crippen LogP contribution in [0.1, 0.15) is 43.3 Å². The van der Waals surface area contributed by atoms with E-state index in [1.165, 1.54) is 19.4 Å². The number of nitrogens with one attached hydrogen (secondary N) is 1. The summed E-state index contributed by atoms with van der Waals surface area (Å²) in [6.45, 7) is 2.17. The molecule has 1 N–H and O–H groups in total. The van der Waals surface area contributed by atoms with Crippen molar-refractivity contribution in [2.45, 2.75) is 38.1 Å². The predicted octanol–water partition coefficient (Wildman–Crippen LogP) is 3.63. The fourth-order valence-electron chi connectivity index (χ4n) is 4.79. The first-order chi connectivity index (χ1) is 19.2. The smallest absolute Gasteiger partial charge is 0.449 e. The largest absolute Gasteiger partial charge is 0.490 e. The maximum Gasteiger partial charge on any atom is 0.490 e. The van der Waals surface area contributed by atoms with E-state index in [4.69, 9.17) is 0 Å². The number of carbonyl (C=O) groups is 1. The van der Waals surface area contributed by atoms with Gasteiger partial charge in [0.1, 0.15) is 29.8 Å². The zero-order valence-electron chi connectivity index (χ0n) is 21.0. The lowest BCUT2D eigenvalue weighted by Crippen LogP contribution is -2.28. The molecule has 0 radical (unpaired) electrons. The Kier molecular flexibility index (Phi) is 7.04. The lowest BCUT2D eigenvalue weighted by Gasteiger charge is -2.23. The third kappa shape index (κ3) is 5.13. The minimum absolute atomic E-state index is 0.0234. The Morgan fingerprint density at radius 2 is 2.10 bits per heavy atom. The maximum atomic E-state index is 12.6. The number of H-pyrrole nitrogens is 1. The molecule has 1 fully saturated rings. The van der Waals surface area contributed by atoms with Crippen LogP contribution < -0.4 is 4.90 Å². The second-order valence-electron chi connectivity index (χ2n) is 9.22. The predicted molar refractivity (Wildman–Crippen MR) is 132 cm³/mol. The monoisotopic (exact) mass is 550 g/mol. The third-order valence-electron chi connectivity index (χ3n) is 6.75. The molecule has 204 valence electrons. The van der Waals surface area contributed by atoms with Gasteiger partial charge < -0.3 is 14.6 Å². The van der Waals surface area contributed by atoms with Crippen molar-refractivity contribution in [2.24, 2.45) is 5.92 Å². The third-order valence-corrected chi connectivity index (χ3v) is 6.75. The van der Waals surface area contributed by atoms with E-state index in [2.05, 4.69) is 40.8 Å². The van der Waals surface area contributed by atoms with E-state index in [0.717, 1.165) is 10.9 Å². The molecule has 1 aliphatic heterocycles. The molecule has 4 aromatic rings. The van der Waals surface area contributed by atoms with Crippen molar-refractivity contribution in [1.29, 1.82) is 10.5 Å². The summed E-state index contributed by atoms with van der Waals surface area (Å²) in [7, 11) is 0. The number of carbonyl (C=O) groups excluding carboxylic acids is 1. The van der Waals surface area contributed by atoms with Crippen molar-refractivity contribution in [3.05, 3.63) is 48.6 Å². The summed E-state index contributed by atoms with van der Waals surface area (Å²) < 4.78 is 43.8. The standard InChI is InChI=1S/C25H21F3N10O2/c1-14(40-24(39)25(26,27)28)19-10-32-23(18(8-30)36-19)37-7-4-15(11-37)20(2-5-29)38-12-16(9-35-38)21-17-3-6-31-22(17)34-13-33-21/h3,6,9-10,12-15,20H,2,4,7,11H2,1H3,(H,31,33,34)/t14?,15-,20-/m0/s1. The Hall–Kier alpha value is -5.05. The minimum atomic E-state index is -5.15. The molecule has 4 aromatic heterocycles. The average Bonchev–Trinajstić information content (AvgIpc) is 3.71. The molecule has 12 nitrogen and oxygen atoms in total. The quantitative estimate of drug-likeness (QED) is 0.336. The number of anilines is 1. The lowest BCUT2D eigenvalue weighted by molar-refractivity contribution is -0.204. The van der Waals surface area contributed by atoms with E-state index < -0.39 is 18.2 Å². The van der Waals surface area contributed by atoms with Gasteiger partial charge in [-0.25, -0.2) is 24.7 Å². The Balaban J connectivity index is 1.34. The minimum Gasteiger partial charge on any atom is -0.449 e. The molecule has 3 atom stereocenters. The summed E-state index contributed by atoms with van der Waals surface area (Å²) in [5, 5.41) is 24.6. The van der Waals surface area contributed by atoms with Gasteiger partial charge in [0.15, 0.2) is 11.5 Å². The van der Waals surface area contributed by atoms with Crippen LogP contribution >= 0.6 is 0 Å². The molecule has 1 aliphatic rings. The summed E-state index contributed by atoms with van der Waals surface area (Å²) in [6.07, 6.45) is 2.33. The Labute approximate surface area is 225 Å². The van der Waals surface area contributed by atoms with Gasteiger partial charge in [-0.15, -0.1) is 0 Å². The van der Waals surface area contributed by atoms with E-state index >= 15 is 0 Å². The Morgan fingerprint density at radius 1 is 1.27 bits per heavy atom. The van der Waals surface area contributed by atoms with Crippen LogP contribution in [0.25, 0.3) is 22.3 Å². The van der Waals surface area contributed by atoms with Crippen molar-refractivity contribution in [3.8, 4) is 23.4 Å². The van der Waals surface area contributed by atoms with Gasteiger partial charge in [0.05, 0.1) is 36.6 Å². The van der Waals surface area contributed by atoms with Gasteiger partial charge in [0, 0.05) is 42.4 Å². The summed E-state index contributed by atoms with van der Waals surface area (Å²) in [6, 6.07) is 5.76. The van der Waals surface area contributed by atoms with Crippen LogP contribution in [0.2, 0.25) is 0 Å². The van der Waals surface area contributed by atoms with Crippen LogP contribution in [0.5, 0.6) is 0 Å². The topological polar surface area (TPSA) is 162 Å². The zero-order valence-corrected chi connectivity index (χ0v) is 21.0. The molecular formula is C25H21F3N10O2. The van der Waals surface area contributed by atoms with Crippen molar-refractivity contribution in [2.75, 3.05) is 18.0 Å². The fourth-order valence-corrected chi connectivity index (χ4v) is 4.79. The average molecular weight is 551 g/mol. The number of halogens is 3. The number of hydrogen-bond acceptors (Lipinski definition) is 10. The highest BCUT2D eigenvalue weighted by molar-refractivity contribution is 5.90. The number of alkyl halides is 3. The highest BCUT2D eigenvalue weighted by Gasteiger charge is 2.42. The molecule has 0 aromatic carbocycles. The van der Waals surface area contributed by atoms with Crippen molar-refractivity contribution in [3.63, 3.8) is 0 Å². The number of ether oxygens (including phenoxy) is 1. The molecule has 5 heterocycles. The molecule has 1 saturated heterocycles. The molecule has 0 aliphatic carbocycles. The number of nitrogens with zero attached hydrogens (tertiary/aromatic N) is 9. The zero-order chi connectivity index (χ0) is 28.4. The normalized spacial score (nSPS) is 16.9. The second kappa shape index (κ2) is 10.6. The molecule has 0 saturated carbocycles. The van der Waals surface area contributed by atoms with Gasteiger partial charge in [0.25, 0.3) is 0 Å². The first kappa shape index (κ1) is 26.6. The Bertz CT molecular complexity index is 1630. The Morgan fingerprint density at radius 3 is 2.85 bits per heavy atom. The summed E-state index contributed by atoms with van der Waals surface area (Å²) in [5.74, 6) is -2.12. The van der Waals surface area contributed by atoms with Crippen molar-refractivity contribution in [1.82, 2.24) is 34.7 Å². The number of esters is 1. The number of aromatic amines is 1. The van der Waals surface area contributed by atoms with Crippen LogP contribution in [0.3, 0.4) is 0 Å². The van der Waals surface area contributed by atoms with Crippen LogP contribution in [0, 0.1) is 28.6 Å². The highest BCUT2D eigenvalue weighted by Crippen LogP contribution is 2.35. The SMILES string of the molecule is CC(OC(=O)C(F)(F)F)c1cnc(N2CC[C@H]([C@H](CC#N)n3cc(-c4ncnc5[nH]ccc45)cn3)C2)c(C#N)n1. The van der Waals surface area contributed by atoms with E-state index in [1.54, 1.807) is 17.1 Å². The van der Waals surface area contributed by atoms with Crippen LogP contribution in [0.15, 0.2) is 37.2 Å². The number of hydrogen-bond donors (Lipinski definition) is 1. The maximum absolute atomic E-state index is 12.6. The van der Waals surface area contributed by atoms with Gasteiger partial charge >= 0.3 is 12.1 Å². The van der Waals surface area contributed by atoms with Crippen LogP contribution in [0.4, 0.5) is 19.0 Å². The van der Waals surface area contributed by atoms with E-state index in [1.807, 2.05) is 23.2 Å². The summed E-state index contributed by atoms with van der Waals surface area (Å²) in [4.78, 5) is 33.0. The number of rotatable bonds is 7. The highest BCUT2D eigenvalue weighted by atomic mass is 19.4. The van der Waals surface area contributed by atoms with Crippen LogP contribution in [-0.2, 0) is 9.53 Å². The summed E-state index contributed by atoms with van der Waals surface area (Å²) >= 11 is 0. The lowest BCUT2D eigenvalue weighted by atomic mass is 9.96. The molecule has 5 rings (SSSR count). The first-order valence-electron chi connectivity index (χ1n) is 12.2. The molecule has 1 unspecified atom stereocenters. The van der Waals surface area contributed by atoms with Gasteiger partial charge in [0.2, 0.25) is 0 Å².